The summed E-state index contributed by atoms with van der Waals surface area (Å²) >= 11 is 1.67. The molecule has 2 heterocycles. The van der Waals surface area contributed by atoms with Gasteiger partial charge in [0.15, 0.2) is 0 Å². The van der Waals surface area contributed by atoms with Gasteiger partial charge in [0, 0.05) is 11.4 Å². The van der Waals surface area contributed by atoms with E-state index in [1.54, 1.807) is 11.8 Å². The Morgan fingerprint density at radius 3 is 3.27 bits per heavy atom. The maximum Gasteiger partial charge on any atom is 0.354 e. The van der Waals surface area contributed by atoms with Crippen LogP contribution in [-0.2, 0) is 9.53 Å². The van der Waals surface area contributed by atoms with Gasteiger partial charge in [-0.25, -0.2) is 4.79 Å². The molecule has 0 bridgehead atoms. The van der Waals surface area contributed by atoms with Crippen LogP contribution < -0.4 is 10.6 Å². The van der Waals surface area contributed by atoms with E-state index in [9.17, 15) is 4.79 Å². The van der Waals surface area contributed by atoms with Crippen molar-refractivity contribution >= 4 is 17.7 Å². The van der Waals surface area contributed by atoms with E-state index in [2.05, 4.69) is 10.6 Å². The van der Waals surface area contributed by atoms with Gasteiger partial charge in [-0.2, -0.15) is 0 Å². The first kappa shape index (κ1) is 10.8. The fraction of sp³-hybridized carbons (Fsp3) is 0.700. The number of hydrogen-bond donors (Lipinski definition) is 2. The summed E-state index contributed by atoms with van der Waals surface area (Å²) in [7, 11) is 0. The fourth-order valence-corrected chi connectivity index (χ4v) is 2.91. The van der Waals surface area contributed by atoms with Crippen LogP contribution in [0.4, 0.5) is 0 Å². The summed E-state index contributed by atoms with van der Waals surface area (Å²) in [5, 5.41) is 8.77. The molecule has 1 fully saturated rings. The monoisotopic (exact) mass is 228 g/mol. The van der Waals surface area contributed by atoms with Gasteiger partial charge in [0.2, 0.25) is 0 Å². The molecule has 84 valence electrons. The van der Waals surface area contributed by atoms with Crippen molar-refractivity contribution in [2.45, 2.75) is 31.2 Å². The molecule has 2 N–H and O–H groups in total. The van der Waals surface area contributed by atoms with E-state index < -0.39 is 0 Å². The Bertz CT molecular complexity index is 275. The maximum atomic E-state index is 11.4. The van der Waals surface area contributed by atoms with Gasteiger partial charge in [0.1, 0.15) is 5.70 Å². The Balaban J connectivity index is 1.84. The first-order valence-electron chi connectivity index (χ1n) is 5.34. The number of esters is 1. The second-order valence-electron chi connectivity index (χ2n) is 3.66. The van der Waals surface area contributed by atoms with Gasteiger partial charge in [0.25, 0.3) is 0 Å². The standard InChI is InChI=1S/C10H16N2O2S/c1-2-14-10(13)8-6-15-9(12-8)7-4-3-5-11-7/h6-7,9,11-12H,2-5H2,1H3/t7-,9-/m1/s1. The summed E-state index contributed by atoms with van der Waals surface area (Å²) in [6, 6.07) is 0.471. The van der Waals surface area contributed by atoms with Crippen LogP contribution in [-0.4, -0.2) is 30.5 Å². The average Bonchev–Trinajstić information content (AvgIpc) is 2.89. The molecule has 2 aliphatic heterocycles. The Morgan fingerprint density at radius 1 is 1.73 bits per heavy atom. The van der Waals surface area contributed by atoms with E-state index >= 15 is 0 Å². The first-order valence-corrected chi connectivity index (χ1v) is 6.28. The zero-order valence-electron chi connectivity index (χ0n) is 8.79. The van der Waals surface area contributed by atoms with E-state index in [1.807, 2.05) is 12.3 Å². The second kappa shape index (κ2) is 4.90. The molecular formula is C10H16N2O2S. The summed E-state index contributed by atoms with van der Waals surface area (Å²) in [5.74, 6) is -0.245. The zero-order chi connectivity index (χ0) is 10.7. The van der Waals surface area contributed by atoms with Gasteiger partial charge in [0.05, 0.1) is 12.0 Å². The largest absolute Gasteiger partial charge is 0.461 e. The first-order chi connectivity index (χ1) is 7.31. The number of rotatable bonds is 3. The predicted octanol–water partition coefficient (Wildman–Crippen LogP) is 0.805. The van der Waals surface area contributed by atoms with Gasteiger partial charge in [-0.05, 0) is 26.3 Å². The molecule has 0 aromatic heterocycles. The van der Waals surface area contributed by atoms with E-state index in [4.69, 9.17) is 4.74 Å². The zero-order valence-corrected chi connectivity index (χ0v) is 9.60. The normalized spacial score (nSPS) is 29.8. The number of carbonyl (C=O) groups is 1. The van der Waals surface area contributed by atoms with E-state index in [0.29, 0.717) is 18.3 Å². The molecule has 0 saturated carbocycles. The van der Waals surface area contributed by atoms with Crippen LogP contribution >= 0.6 is 11.8 Å². The van der Waals surface area contributed by atoms with Crippen LogP contribution in [0.5, 0.6) is 0 Å². The molecule has 0 aromatic rings. The minimum atomic E-state index is -0.245. The lowest BCUT2D eigenvalue weighted by Gasteiger charge is -2.19. The minimum absolute atomic E-state index is 0.245. The van der Waals surface area contributed by atoms with Crippen LogP contribution in [0, 0.1) is 0 Å². The van der Waals surface area contributed by atoms with Crippen molar-refractivity contribution in [1.82, 2.24) is 10.6 Å². The van der Waals surface area contributed by atoms with E-state index in [-0.39, 0.29) is 11.3 Å². The van der Waals surface area contributed by atoms with Gasteiger partial charge >= 0.3 is 5.97 Å². The van der Waals surface area contributed by atoms with Gasteiger partial charge in [-0.15, -0.1) is 11.8 Å². The van der Waals surface area contributed by atoms with E-state index in [0.717, 1.165) is 6.54 Å². The lowest BCUT2D eigenvalue weighted by Crippen LogP contribution is -2.40. The number of thioether (sulfide) groups is 1. The smallest absolute Gasteiger partial charge is 0.354 e. The third kappa shape index (κ3) is 2.46. The van der Waals surface area contributed by atoms with E-state index in [1.165, 1.54) is 12.8 Å². The number of ether oxygens (including phenoxy) is 1. The van der Waals surface area contributed by atoms with Crippen molar-refractivity contribution in [3.05, 3.63) is 11.1 Å². The van der Waals surface area contributed by atoms with Crippen LogP contribution in [0.25, 0.3) is 0 Å². The minimum Gasteiger partial charge on any atom is -0.461 e. The molecule has 2 rings (SSSR count). The molecule has 0 unspecified atom stereocenters. The highest BCUT2D eigenvalue weighted by Crippen LogP contribution is 2.27. The Labute approximate surface area is 93.8 Å². The lowest BCUT2D eigenvalue weighted by molar-refractivity contribution is -0.138. The molecule has 15 heavy (non-hydrogen) atoms. The summed E-state index contributed by atoms with van der Waals surface area (Å²) in [6.45, 7) is 3.32. The molecule has 0 aromatic carbocycles. The Morgan fingerprint density at radius 2 is 2.60 bits per heavy atom. The van der Waals surface area contributed by atoms with Crippen LogP contribution in [0.15, 0.2) is 11.1 Å². The predicted molar refractivity (Wildman–Crippen MR) is 60.3 cm³/mol. The molecule has 1 saturated heterocycles. The summed E-state index contributed by atoms with van der Waals surface area (Å²) in [4.78, 5) is 11.4. The molecule has 0 spiro atoms. The summed E-state index contributed by atoms with van der Waals surface area (Å²) in [5.41, 5.74) is 0.598. The van der Waals surface area contributed by atoms with Crippen molar-refractivity contribution in [3.63, 3.8) is 0 Å². The Hall–Kier alpha value is -0.680. The molecule has 2 atom stereocenters. The number of nitrogens with one attached hydrogen (secondary N) is 2. The maximum absolute atomic E-state index is 11.4. The van der Waals surface area contributed by atoms with Crippen molar-refractivity contribution in [2.75, 3.05) is 13.2 Å². The van der Waals surface area contributed by atoms with Gasteiger partial charge in [-0.3, -0.25) is 0 Å². The number of carbonyl (C=O) groups excluding carboxylic acids is 1. The molecule has 5 heteroatoms. The summed E-state index contributed by atoms with van der Waals surface area (Å²) in [6.07, 6.45) is 2.40. The highest BCUT2D eigenvalue weighted by atomic mass is 32.2. The molecule has 2 aliphatic rings. The topological polar surface area (TPSA) is 50.4 Å². The van der Waals surface area contributed by atoms with Crippen LogP contribution in [0.2, 0.25) is 0 Å². The van der Waals surface area contributed by atoms with Crippen LogP contribution in [0.3, 0.4) is 0 Å². The fourth-order valence-electron chi connectivity index (χ4n) is 1.84. The highest BCUT2D eigenvalue weighted by molar-refractivity contribution is 8.03. The van der Waals surface area contributed by atoms with Gasteiger partial charge < -0.3 is 15.4 Å². The third-order valence-electron chi connectivity index (χ3n) is 2.59. The molecule has 0 amide bonds. The second-order valence-corrected chi connectivity index (χ2v) is 4.67. The quantitative estimate of drug-likeness (QED) is 0.700. The van der Waals surface area contributed by atoms with Crippen molar-refractivity contribution in [3.8, 4) is 0 Å². The number of hydrogen-bond acceptors (Lipinski definition) is 5. The van der Waals surface area contributed by atoms with Crippen molar-refractivity contribution in [1.29, 1.82) is 0 Å². The molecular weight excluding hydrogens is 212 g/mol. The molecule has 0 radical (unpaired) electrons. The van der Waals surface area contributed by atoms with Crippen LogP contribution in [0.1, 0.15) is 19.8 Å². The Kier molecular flexibility index (Phi) is 3.53. The van der Waals surface area contributed by atoms with Crippen molar-refractivity contribution in [2.24, 2.45) is 0 Å². The molecule has 0 aliphatic carbocycles. The SMILES string of the molecule is CCOC(=O)C1=CS[C@H]([C@H]2CCCN2)N1. The lowest BCUT2D eigenvalue weighted by atomic mass is 10.2. The third-order valence-corrected chi connectivity index (χ3v) is 3.70. The van der Waals surface area contributed by atoms with Crippen molar-refractivity contribution < 1.29 is 9.53 Å². The molecule has 4 nitrogen and oxygen atoms in total. The average molecular weight is 228 g/mol. The van der Waals surface area contributed by atoms with Gasteiger partial charge in [-0.1, -0.05) is 0 Å². The summed E-state index contributed by atoms with van der Waals surface area (Å²) < 4.78 is 4.93. The highest BCUT2D eigenvalue weighted by Gasteiger charge is 2.30.